The summed E-state index contributed by atoms with van der Waals surface area (Å²) in [6, 6.07) is 1.34. The Bertz CT molecular complexity index is 496. The molecule has 0 amide bonds. The van der Waals surface area contributed by atoms with E-state index in [0.29, 0.717) is 0 Å². The number of aldehydes is 1. The minimum absolute atomic E-state index is 0.140. The minimum atomic E-state index is -3.25. The number of hydrogen-bond donors (Lipinski definition) is 0. The Balaban J connectivity index is 3.65. The fraction of sp³-hybridized carbons (Fsp3) is 0.125. The SMILES string of the molecule is N#Cc1c(C=O)cnc([N+](=O)[O-])c1C(F)F. The van der Waals surface area contributed by atoms with Crippen molar-refractivity contribution in [1.82, 2.24) is 4.98 Å². The lowest BCUT2D eigenvalue weighted by molar-refractivity contribution is -0.391. The van der Waals surface area contributed by atoms with E-state index in [0.717, 1.165) is 6.20 Å². The van der Waals surface area contributed by atoms with Crippen LogP contribution in [0.15, 0.2) is 6.20 Å². The van der Waals surface area contributed by atoms with E-state index in [1.54, 1.807) is 0 Å². The molecule has 1 rings (SSSR count). The molecule has 1 aromatic rings. The van der Waals surface area contributed by atoms with E-state index >= 15 is 0 Å². The second kappa shape index (κ2) is 4.39. The Morgan fingerprint density at radius 1 is 1.62 bits per heavy atom. The van der Waals surface area contributed by atoms with Gasteiger partial charge >= 0.3 is 5.82 Å². The van der Waals surface area contributed by atoms with Crippen molar-refractivity contribution >= 4 is 12.1 Å². The molecule has 0 aliphatic heterocycles. The van der Waals surface area contributed by atoms with Crippen LogP contribution in [0.5, 0.6) is 0 Å². The van der Waals surface area contributed by atoms with E-state index in [1.165, 1.54) is 6.07 Å². The summed E-state index contributed by atoms with van der Waals surface area (Å²) in [7, 11) is 0. The van der Waals surface area contributed by atoms with Gasteiger partial charge in [0.05, 0.1) is 11.1 Å². The van der Waals surface area contributed by atoms with Crippen LogP contribution in [0.25, 0.3) is 0 Å². The first-order valence-electron chi connectivity index (χ1n) is 3.83. The number of halogens is 2. The van der Waals surface area contributed by atoms with Gasteiger partial charge in [0.1, 0.15) is 11.6 Å². The highest BCUT2D eigenvalue weighted by Crippen LogP contribution is 2.31. The molecule has 0 saturated carbocycles. The first-order chi connectivity index (χ1) is 7.52. The molecule has 0 spiro atoms. The van der Waals surface area contributed by atoms with Gasteiger partial charge in [0, 0.05) is 0 Å². The summed E-state index contributed by atoms with van der Waals surface area (Å²) in [6.07, 6.45) is -2.39. The highest BCUT2D eigenvalue weighted by molar-refractivity contribution is 5.80. The lowest BCUT2D eigenvalue weighted by Crippen LogP contribution is -2.05. The predicted octanol–water partition coefficient (Wildman–Crippen LogP) is 1.61. The molecule has 0 bridgehead atoms. The maximum atomic E-state index is 12.5. The molecule has 0 aliphatic rings. The number of hydrogen-bond acceptors (Lipinski definition) is 5. The molecule has 6 nitrogen and oxygen atoms in total. The van der Waals surface area contributed by atoms with E-state index in [1.807, 2.05) is 0 Å². The standard InChI is InChI=1S/C8H3F2N3O3/c9-7(10)6-5(1-11)4(3-14)2-12-8(6)13(15)16/h2-3,7H. The molecule has 0 unspecified atom stereocenters. The normalized spacial score (nSPS) is 9.88. The molecule has 16 heavy (non-hydrogen) atoms. The van der Waals surface area contributed by atoms with Crippen molar-refractivity contribution in [3.8, 4) is 6.07 Å². The Labute approximate surface area is 87.3 Å². The van der Waals surface area contributed by atoms with Crippen molar-refractivity contribution in [2.45, 2.75) is 6.43 Å². The molecule has 0 aliphatic carbocycles. The summed E-state index contributed by atoms with van der Waals surface area (Å²) < 4.78 is 25.1. The molecule has 0 N–H and O–H groups in total. The largest absolute Gasteiger partial charge is 0.373 e. The zero-order valence-electron chi connectivity index (χ0n) is 7.55. The van der Waals surface area contributed by atoms with Crippen molar-refractivity contribution in [3.63, 3.8) is 0 Å². The number of carbonyl (C=O) groups excluding carboxylic acids is 1. The lowest BCUT2D eigenvalue weighted by atomic mass is 10.1. The van der Waals surface area contributed by atoms with Crippen LogP contribution < -0.4 is 0 Å². The molecule has 1 heterocycles. The van der Waals surface area contributed by atoms with Crippen LogP contribution in [0, 0.1) is 21.4 Å². The highest BCUT2D eigenvalue weighted by atomic mass is 19.3. The lowest BCUT2D eigenvalue weighted by Gasteiger charge is -2.04. The molecule has 82 valence electrons. The summed E-state index contributed by atoms with van der Waals surface area (Å²) >= 11 is 0. The topological polar surface area (TPSA) is 96.9 Å². The fourth-order valence-corrected chi connectivity index (χ4v) is 1.10. The second-order valence-electron chi connectivity index (χ2n) is 2.61. The van der Waals surface area contributed by atoms with Crippen LogP contribution in [0.1, 0.15) is 27.9 Å². The smallest absolute Gasteiger partial charge is 0.358 e. The quantitative estimate of drug-likeness (QED) is 0.443. The van der Waals surface area contributed by atoms with Gasteiger partial charge in [0.15, 0.2) is 12.5 Å². The van der Waals surface area contributed by atoms with E-state index in [4.69, 9.17) is 5.26 Å². The third-order valence-corrected chi connectivity index (χ3v) is 1.75. The van der Waals surface area contributed by atoms with Gasteiger partial charge in [-0.1, -0.05) is 0 Å². The number of nitrogens with zero attached hydrogens (tertiary/aromatic N) is 3. The Kier molecular flexibility index (Phi) is 3.20. The van der Waals surface area contributed by atoms with Crippen molar-refractivity contribution in [2.75, 3.05) is 0 Å². The van der Waals surface area contributed by atoms with Crippen molar-refractivity contribution < 1.29 is 18.5 Å². The second-order valence-corrected chi connectivity index (χ2v) is 2.61. The van der Waals surface area contributed by atoms with Gasteiger partial charge in [-0.05, 0) is 9.91 Å². The van der Waals surface area contributed by atoms with Gasteiger partial charge in [0.2, 0.25) is 0 Å². The van der Waals surface area contributed by atoms with Crippen LogP contribution in [-0.4, -0.2) is 16.2 Å². The highest BCUT2D eigenvalue weighted by Gasteiger charge is 2.29. The van der Waals surface area contributed by atoms with Gasteiger partial charge in [-0.3, -0.25) is 4.79 Å². The summed E-state index contributed by atoms with van der Waals surface area (Å²) in [5.41, 5.74) is -2.24. The van der Waals surface area contributed by atoms with E-state index in [-0.39, 0.29) is 6.29 Å². The molecular weight excluding hydrogens is 224 g/mol. The van der Waals surface area contributed by atoms with Crippen molar-refractivity contribution in [2.24, 2.45) is 0 Å². The van der Waals surface area contributed by atoms with Gasteiger partial charge in [-0.25, -0.2) is 8.78 Å². The summed E-state index contributed by atoms with van der Waals surface area (Å²) in [5.74, 6) is -1.11. The van der Waals surface area contributed by atoms with Gasteiger partial charge in [0.25, 0.3) is 6.43 Å². The average molecular weight is 227 g/mol. The number of nitro groups is 1. The molecule has 0 aromatic carbocycles. The van der Waals surface area contributed by atoms with E-state index in [9.17, 15) is 23.7 Å². The monoisotopic (exact) mass is 227 g/mol. The number of rotatable bonds is 3. The van der Waals surface area contributed by atoms with Gasteiger partial charge < -0.3 is 10.1 Å². The third-order valence-electron chi connectivity index (χ3n) is 1.75. The fourth-order valence-electron chi connectivity index (χ4n) is 1.10. The molecule has 0 fully saturated rings. The summed E-state index contributed by atoms with van der Waals surface area (Å²) in [4.78, 5) is 22.8. The van der Waals surface area contributed by atoms with Crippen LogP contribution in [-0.2, 0) is 0 Å². The summed E-state index contributed by atoms with van der Waals surface area (Å²) in [5, 5.41) is 19.0. The predicted molar refractivity (Wildman–Crippen MR) is 46.0 cm³/mol. The maximum absolute atomic E-state index is 12.5. The summed E-state index contributed by atoms with van der Waals surface area (Å²) in [6.45, 7) is 0. The zero-order valence-corrected chi connectivity index (χ0v) is 7.55. The molecule has 8 heteroatoms. The molecule has 0 atom stereocenters. The minimum Gasteiger partial charge on any atom is -0.358 e. The molecule has 0 radical (unpaired) electrons. The molecule has 1 aromatic heterocycles. The number of aromatic nitrogens is 1. The number of carbonyl (C=O) groups is 1. The van der Waals surface area contributed by atoms with Crippen LogP contribution in [0.3, 0.4) is 0 Å². The van der Waals surface area contributed by atoms with Crippen LogP contribution in [0.2, 0.25) is 0 Å². The van der Waals surface area contributed by atoms with Crippen LogP contribution in [0.4, 0.5) is 14.6 Å². The number of alkyl halides is 2. The Morgan fingerprint density at radius 3 is 2.62 bits per heavy atom. The van der Waals surface area contributed by atoms with E-state index in [2.05, 4.69) is 4.98 Å². The Morgan fingerprint density at radius 2 is 2.25 bits per heavy atom. The Hall–Kier alpha value is -2.43. The maximum Gasteiger partial charge on any atom is 0.373 e. The number of nitriles is 1. The van der Waals surface area contributed by atoms with Crippen LogP contribution >= 0.6 is 0 Å². The zero-order chi connectivity index (χ0) is 12.3. The first-order valence-corrected chi connectivity index (χ1v) is 3.83. The average Bonchev–Trinajstić information content (AvgIpc) is 2.26. The third kappa shape index (κ3) is 1.83. The first kappa shape index (κ1) is 11.6. The molecule has 0 saturated heterocycles. The number of pyridine rings is 1. The van der Waals surface area contributed by atoms with Crippen molar-refractivity contribution in [1.29, 1.82) is 5.26 Å². The van der Waals surface area contributed by atoms with E-state index < -0.39 is 33.9 Å². The van der Waals surface area contributed by atoms with Gasteiger partial charge in [-0.2, -0.15) is 5.26 Å². The van der Waals surface area contributed by atoms with Gasteiger partial charge in [-0.15, -0.1) is 0 Å². The van der Waals surface area contributed by atoms with Crippen molar-refractivity contribution in [3.05, 3.63) is 33.0 Å². The molecular formula is C8H3F2N3O3.